The van der Waals surface area contributed by atoms with E-state index in [-0.39, 0.29) is 23.0 Å². The molecule has 1 saturated heterocycles. The van der Waals surface area contributed by atoms with E-state index >= 15 is 0 Å². The number of epoxide rings is 1. The fraction of sp³-hybridized carbons (Fsp3) is 0.838. The molecule has 0 spiro atoms. The van der Waals surface area contributed by atoms with Crippen LogP contribution < -0.4 is 4.74 Å². The predicted molar refractivity (Wildman–Crippen MR) is 158 cm³/mol. The standard InChI is InChI=1S/C37H54O2/c1-34(2,3)22-35(4,5)33(31-21-38-31)39-32-29(36-15-23-9-24(16-36)11-25(10-23)17-36)7-6-8-30(32)37-18-26-12-27(19-37)14-28(13-26)20-37/h6-8,23-28,31,33H,9-22H2,1-5H3. The van der Waals surface area contributed by atoms with Crippen LogP contribution in [0.25, 0.3) is 0 Å². The van der Waals surface area contributed by atoms with Crippen LogP contribution in [-0.4, -0.2) is 18.8 Å². The van der Waals surface area contributed by atoms with Gasteiger partial charge in [-0.25, -0.2) is 0 Å². The molecular formula is C37H54O2. The van der Waals surface area contributed by atoms with Crippen molar-refractivity contribution >= 4 is 0 Å². The first-order chi connectivity index (χ1) is 18.5. The summed E-state index contributed by atoms with van der Waals surface area (Å²) in [6.07, 6.45) is 19.0. The van der Waals surface area contributed by atoms with Gasteiger partial charge in [-0.15, -0.1) is 0 Å². The van der Waals surface area contributed by atoms with Gasteiger partial charge in [0.25, 0.3) is 0 Å². The first kappa shape index (κ1) is 25.7. The molecule has 39 heavy (non-hydrogen) atoms. The van der Waals surface area contributed by atoms with Crippen molar-refractivity contribution < 1.29 is 9.47 Å². The molecule has 8 aliphatic carbocycles. The number of rotatable bonds is 7. The first-order valence-electron chi connectivity index (χ1n) is 16.9. The quantitative estimate of drug-likeness (QED) is 0.328. The number of ether oxygens (including phenoxy) is 2. The Kier molecular flexibility index (Phi) is 5.61. The molecule has 0 aromatic heterocycles. The zero-order valence-corrected chi connectivity index (χ0v) is 25.6. The smallest absolute Gasteiger partial charge is 0.132 e. The molecule has 1 aromatic rings. The maximum Gasteiger partial charge on any atom is 0.132 e. The van der Waals surface area contributed by atoms with E-state index in [1.165, 1.54) is 82.8 Å². The van der Waals surface area contributed by atoms with Gasteiger partial charge in [0.2, 0.25) is 0 Å². The summed E-state index contributed by atoms with van der Waals surface area (Å²) < 4.78 is 13.8. The SMILES string of the molecule is CC(C)(C)CC(C)(C)C(Oc1c(C23CC4CC(CC(C4)C2)C3)cccc1C12CC3CC(CC(C3)C1)C2)C1CO1. The van der Waals surface area contributed by atoms with Crippen molar-refractivity contribution in [3.05, 3.63) is 29.3 Å². The summed E-state index contributed by atoms with van der Waals surface area (Å²) in [7, 11) is 0. The second-order valence-electron chi connectivity index (χ2n) is 18.2. The molecule has 0 N–H and O–H groups in total. The Balaban J connectivity index is 1.25. The van der Waals surface area contributed by atoms with Crippen LogP contribution >= 0.6 is 0 Å². The van der Waals surface area contributed by atoms with Gasteiger partial charge < -0.3 is 9.47 Å². The van der Waals surface area contributed by atoms with Crippen LogP contribution in [0, 0.1) is 46.3 Å². The van der Waals surface area contributed by atoms with Crippen molar-refractivity contribution in [3.8, 4) is 5.75 Å². The zero-order valence-electron chi connectivity index (χ0n) is 25.6. The lowest BCUT2D eigenvalue weighted by Crippen LogP contribution is -2.51. The second kappa shape index (κ2) is 8.52. The van der Waals surface area contributed by atoms with Gasteiger partial charge in [0, 0.05) is 16.5 Å². The normalized spacial score (nSPS) is 44.6. The van der Waals surface area contributed by atoms with Crippen molar-refractivity contribution in [2.75, 3.05) is 6.61 Å². The summed E-state index contributed by atoms with van der Waals surface area (Å²) in [5, 5.41) is 0. The van der Waals surface area contributed by atoms with Crippen LogP contribution in [-0.2, 0) is 15.6 Å². The molecule has 2 atom stereocenters. The van der Waals surface area contributed by atoms with E-state index in [1.807, 2.05) is 0 Å². The molecule has 10 rings (SSSR count). The van der Waals surface area contributed by atoms with Gasteiger partial charge >= 0.3 is 0 Å². The topological polar surface area (TPSA) is 21.8 Å². The number of hydrogen-bond acceptors (Lipinski definition) is 2. The minimum atomic E-state index is 0.0622. The molecule has 1 aliphatic heterocycles. The van der Waals surface area contributed by atoms with E-state index in [9.17, 15) is 0 Å². The van der Waals surface area contributed by atoms with Crippen molar-refractivity contribution in [1.82, 2.24) is 0 Å². The van der Waals surface area contributed by atoms with E-state index in [4.69, 9.17) is 9.47 Å². The molecule has 2 nitrogen and oxygen atoms in total. The van der Waals surface area contributed by atoms with Gasteiger partial charge in [0.15, 0.2) is 0 Å². The average molecular weight is 531 g/mol. The lowest BCUT2D eigenvalue weighted by Gasteiger charge is -2.59. The third kappa shape index (κ3) is 4.35. The molecule has 2 heteroatoms. The molecule has 214 valence electrons. The average Bonchev–Trinajstić information content (AvgIpc) is 3.64. The van der Waals surface area contributed by atoms with Gasteiger partial charge in [-0.3, -0.25) is 0 Å². The van der Waals surface area contributed by atoms with Crippen molar-refractivity contribution in [1.29, 1.82) is 0 Å². The van der Waals surface area contributed by atoms with E-state index in [0.717, 1.165) is 48.5 Å². The first-order valence-corrected chi connectivity index (χ1v) is 16.9. The summed E-state index contributed by atoms with van der Waals surface area (Å²) in [5.74, 6) is 7.07. The van der Waals surface area contributed by atoms with Crippen LogP contribution in [0.3, 0.4) is 0 Å². The van der Waals surface area contributed by atoms with Crippen LogP contribution in [0.1, 0.15) is 129 Å². The number of hydrogen-bond donors (Lipinski definition) is 0. The fourth-order valence-electron chi connectivity index (χ4n) is 12.9. The Morgan fingerprint density at radius 1 is 0.718 bits per heavy atom. The maximum absolute atomic E-state index is 7.67. The summed E-state index contributed by atoms with van der Waals surface area (Å²) in [4.78, 5) is 0. The van der Waals surface area contributed by atoms with Gasteiger partial charge in [0.05, 0.1) is 6.61 Å². The van der Waals surface area contributed by atoms with Crippen LogP contribution in [0.4, 0.5) is 0 Å². The van der Waals surface area contributed by atoms with Crippen molar-refractivity contribution in [2.45, 2.75) is 141 Å². The molecular weight excluding hydrogens is 476 g/mol. The minimum Gasteiger partial charge on any atom is -0.486 e. The molecule has 0 amide bonds. The van der Waals surface area contributed by atoms with E-state index in [0.29, 0.717) is 10.8 Å². The largest absolute Gasteiger partial charge is 0.486 e. The highest BCUT2D eigenvalue weighted by Crippen LogP contribution is 2.66. The Labute approximate surface area is 238 Å². The lowest BCUT2D eigenvalue weighted by atomic mass is 9.46. The van der Waals surface area contributed by atoms with Gasteiger partial charge in [0.1, 0.15) is 18.0 Å². The van der Waals surface area contributed by atoms with Gasteiger partial charge in [-0.1, -0.05) is 52.8 Å². The van der Waals surface area contributed by atoms with Crippen molar-refractivity contribution in [3.63, 3.8) is 0 Å². The van der Waals surface area contributed by atoms with E-state index in [1.54, 1.807) is 11.1 Å². The van der Waals surface area contributed by atoms with E-state index in [2.05, 4.69) is 52.8 Å². The highest BCUT2D eigenvalue weighted by atomic mass is 16.6. The summed E-state index contributed by atoms with van der Waals surface area (Å²) in [6.45, 7) is 13.0. The van der Waals surface area contributed by atoms with Crippen LogP contribution in [0.15, 0.2) is 18.2 Å². The predicted octanol–water partition coefficient (Wildman–Crippen LogP) is 9.23. The Bertz CT molecular complexity index is 984. The third-order valence-corrected chi connectivity index (χ3v) is 12.9. The Morgan fingerprint density at radius 3 is 1.44 bits per heavy atom. The Morgan fingerprint density at radius 2 is 1.10 bits per heavy atom. The zero-order chi connectivity index (χ0) is 26.8. The molecule has 1 heterocycles. The number of benzene rings is 1. The highest BCUT2D eigenvalue weighted by molar-refractivity contribution is 5.52. The molecule has 9 aliphatic rings. The van der Waals surface area contributed by atoms with Crippen LogP contribution in [0.2, 0.25) is 0 Å². The summed E-state index contributed by atoms with van der Waals surface area (Å²) in [6, 6.07) is 7.57. The monoisotopic (exact) mass is 530 g/mol. The third-order valence-electron chi connectivity index (χ3n) is 12.9. The van der Waals surface area contributed by atoms with Gasteiger partial charge in [-0.05, 0) is 135 Å². The van der Waals surface area contributed by atoms with Gasteiger partial charge in [-0.2, -0.15) is 0 Å². The summed E-state index contributed by atoms with van der Waals surface area (Å²) in [5.41, 5.74) is 4.30. The molecule has 2 unspecified atom stereocenters. The second-order valence-corrected chi connectivity index (χ2v) is 18.2. The molecule has 8 bridgehead atoms. The minimum absolute atomic E-state index is 0.0622. The molecule has 9 fully saturated rings. The molecule has 1 aromatic carbocycles. The summed E-state index contributed by atoms with van der Waals surface area (Å²) >= 11 is 0. The molecule has 8 saturated carbocycles. The highest BCUT2D eigenvalue weighted by Gasteiger charge is 2.57. The Hall–Kier alpha value is -1.02. The fourth-order valence-corrected chi connectivity index (χ4v) is 12.9. The molecule has 0 radical (unpaired) electrons. The van der Waals surface area contributed by atoms with Crippen LogP contribution in [0.5, 0.6) is 5.75 Å². The lowest BCUT2D eigenvalue weighted by molar-refractivity contribution is -0.0191. The maximum atomic E-state index is 7.67. The number of para-hydroxylation sites is 1. The van der Waals surface area contributed by atoms with E-state index < -0.39 is 0 Å². The van der Waals surface area contributed by atoms with Crippen molar-refractivity contribution in [2.24, 2.45) is 46.3 Å².